The smallest absolute Gasteiger partial charge is 0.345 e. The average molecular weight is 267 g/mol. The molecule has 0 saturated heterocycles. The van der Waals surface area contributed by atoms with E-state index < -0.39 is 17.3 Å². The fourth-order valence-electron chi connectivity index (χ4n) is 1.50. The molecule has 0 amide bonds. The minimum absolute atomic E-state index is 0.0704. The maximum Gasteiger partial charge on any atom is 0.417 e. The van der Waals surface area contributed by atoms with Gasteiger partial charge in [-0.05, 0) is 18.2 Å². The molecule has 0 radical (unpaired) electrons. The number of nitriles is 2. The van der Waals surface area contributed by atoms with Crippen LogP contribution in [0, 0.1) is 22.7 Å². The number of carbonyl (C=O) groups is 1. The van der Waals surface area contributed by atoms with Crippen molar-refractivity contribution in [1.82, 2.24) is 0 Å². The molecule has 0 aliphatic rings. The summed E-state index contributed by atoms with van der Waals surface area (Å²) in [6, 6.07) is 6.58. The van der Waals surface area contributed by atoms with Gasteiger partial charge in [-0.25, -0.2) is 0 Å². The number of carbonyl (C=O) groups excluding carboxylic acids is 1. The Labute approximate surface area is 107 Å². The molecule has 1 aromatic carbocycles. The number of nitrogens with zero attached hydrogens (tertiary/aromatic N) is 3. The van der Waals surface area contributed by atoms with E-state index in [-0.39, 0.29) is 25.1 Å². The van der Waals surface area contributed by atoms with Gasteiger partial charge in [0.25, 0.3) is 0 Å². The highest BCUT2D eigenvalue weighted by atomic mass is 19.4. The molecule has 1 aromatic rings. The number of benzene rings is 1. The lowest BCUT2D eigenvalue weighted by Gasteiger charge is -2.20. The highest BCUT2D eigenvalue weighted by Gasteiger charge is 2.33. The lowest BCUT2D eigenvalue weighted by Crippen LogP contribution is -2.24. The molecule has 0 bridgehead atoms. The molecule has 19 heavy (non-hydrogen) atoms. The van der Waals surface area contributed by atoms with Crippen molar-refractivity contribution in [1.29, 1.82) is 10.5 Å². The third-order valence-corrected chi connectivity index (χ3v) is 2.36. The van der Waals surface area contributed by atoms with Gasteiger partial charge in [0.15, 0.2) is 6.29 Å². The summed E-state index contributed by atoms with van der Waals surface area (Å²) in [6.45, 7) is -0.434. The molecule has 0 unspecified atom stereocenters. The lowest BCUT2D eigenvalue weighted by molar-refractivity contribution is -0.137. The molecule has 0 saturated carbocycles. The molecular formula is C12H8F3N3O. The molecule has 0 fully saturated rings. The van der Waals surface area contributed by atoms with E-state index in [9.17, 15) is 18.0 Å². The van der Waals surface area contributed by atoms with Crippen LogP contribution < -0.4 is 4.90 Å². The van der Waals surface area contributed by atoms with Crippen LogP contribution in [-0.4, -0.2) is 19.4 Å². The minimum Gasteiger partial charge on any atom is -0.345 e. The summed E-state index contributed by atoms with van der Waals surface area (Å²) < 4.78 is 38.2. The molecule has 0 aliphatic heterocycles. The Hall–Kier alpha value is -2.54. The monoisotopic (exact) mass is 267 g/mol. The van der Waals surface area contributed by atoms with Crippen molar-refractivity contribution in [3.05, 3.63) is 29.3 Å². The van der Waals surface area contributed by atoms with Crippen LogP contribution in [0.25, 0.3) is 0 Å². The van der Waals surface area contributed by atoms with Crippen LogP contribution in [0.15, 0.2) is 18.2 Å². The maximum atomic E-state index is 12.7. The Bertz CT molecular complexity index is 539. The van der Waals surface area contributed by atoms with Gasteiger partial charge in [0.1, 0.15) is 13.1 Å². The van der Waals surface area contributed by atoms with Gasteiger partial charge in [-0.3, -0.25) is 4.79 Å². The van der Waals surface area contributed by atoms with Gasteiger partial charge in [0, 0.05) is 11.3 Å². The molecule has 98 valence electrons. The third-order valence-electron chi connectivity index (χ3n) is 2.36. The zero-order chi connectivity index (χ0) is 14.5. The van der Waals surface area contributed by atoms with Crippen LogP contribution in [0.2, 0.25) is 0 Å². The van der Waals surface area contributed by atoms with E-state index in [1.807, 2.05) is 0 Å². The summed E-state index contributed by atoms with van der Waals surface area (Å²) in [6.07, 6.45) is -4.55. The summed E-state index contributed by atoms with van der Waals surface area (Å²) in [5, 5.41) is 17.2. The lowest BCUT2D eigenvalue weighted by atomic mass is 10.1. The van der Waals surface area contributed by atoms with Crippen LogP contribution in [-0.2, 0) is 6.18 Å². The van der Waals surface area contributed by atoms with Crippen LogP contribution in [0.3, 0.4) is 0 Å². The van der Waals surface area contributed by atoms with E-state index in [1.54, 1.807) is 12.1 Å². The van der Waals surface area contributed by atoms with Gasteiger partial charge in [-0.2, -0.15) is 23.7 Å². The molecule has 1 rings (SSSR count). The predicted molar refractivity (Wildman–Crippen MR) is 60.3 cm³/mol. The Balaban J connectivity index is 3.28. The second kappa shape index (κ2) is 5.87. The van der Waals surface area contributed by atoms with Crippen molar-refractivity contribution in [2.24, 2.45) is 0 Å². The van der Waals surface area contributed by atoms with Crippen molar-refractivity contribution in [2.45, 2.75) is 6.18 Å². The van der Waals surface area contributed by atoms with E-state index in [0.717, 1.165) is 12.1 Å². The maximum absolute atomic E-state index is 12.7. The van der Waals surface area contributed by atoms with Crippen molar-refractivity contribution in [2.75, 3.05) is 18.0 Å². The van der Waals surface area contributed by atoms with Gasteiger partial charge < -0.3 is 4.90 Å². The fraction of sp³-hybridized carbons (Fsp3) is 0.250. The Kier molecular flexibility index (Phi) is 4.49. The molecule has 0 aromatic heterocycles. The minimum atomic E-state index is -4.67. The zero-order valence-electron chi connectivity index (χ0n) is 9.61. The number of halogens is 3. The van der Waals surface area contributed by atoms with E-state index in [1.165, 1.54) is 11.0 Å². The molecular weight excluding hydrogens is 259 g/mol. The van der Waals surface area contributed by atoms with Crippen molar-refractivity contribution >= 4 is 12.0 Å². The number of hydrogen-bond donors (Lipinski definition) is 0. The second-order valence-corrected chi connectivity index (χ2v) is 3.56. The SMILES string of the molecule is N#CCN(CC#N)c1ccc(C=O)c(C(F)(F)F)c1. The quantitative estimate of drug-likeness (QED) is 0.620. The normalized spacial score (nSPS) is 10.4. The number of alkyl halides is 3. The average Bonchev–Trinajstić information content (AvgIpc) is 2.37. The Morgan fingerprint density at radius 1 is 1.21 bits per heavy atom. The molecule has 4 nitrogen and oxygen atoms in total. The summed E-state index contributed by atoms with van der Waals surface area (Å²) >= 11 is 0. The largest absolute Gasteiger partial charge is 0.417 e. The fourth-order valence-corrected chi connectivity index (χ4v) is 1.50. The van der Waals surface area contributed by atoms with E-state index >= 15 is 0 Å². The number of aldehydes is 1. The van der Waals surface area contributed by atoms with E-state index in [0.29, 0.717) is 0 Å². The van der Waals surface area contributed by atoms with Crippen molar-refractivity contribution in [3.8, 4) is 12.1 Å². The van der Waals surface area contributed by atoms with Crippen molar-refractivity contribution < 1.29 is 18.0 Å². The van der Waals surface area contributed by atoms with Crippen LogP contribution in [0.4, 0.5) is 18.9 Å². The van der Waals surface area contributed by atoms with Gasteiger partial charge in [-0.15, -0.1) is 0 Å². The zero-order valence-corrected chi connectivity index (χ0v) is 9.61. The molecule has 7 heteroatoms. The second-order valence-electron chi connectivity index (χ2n) is 3.56. The topological polar surface area (TPSA) is 67.9 Å². The first-order valence-electron chi connectivity index (χ1n) is 5.09. The number of hydrogen-bond acceptors (Lipinski definition) is 4. The molecule has 0 N–H and O–H groups in total. The summed E-state index contributed by atoms with van der Waals surface area (Å²) in [7, 11) is 0. The van der Waals surface area contributed by atoms with Gasteiger partial charge in [-0.1, -0.05) is 0 Å². The highest BCUT2D eigenvalue weighted by Crippen LogP contribution is 2.34. The van der Waals surface area contributed by atoms with E-state index in [2.05, 4.69) is 0 Å². The molecule has 0 heterocycles. The summed E-state index contributed by atoms with van der Waals surface area (Å²) in [5.74, 6) is 0. The first-order chi connectivity index (χ1) is 8.93. The summed E-state index contributed by atoms with van der Waals surface area (Å²) in [5.41, 5.74) is -1.49. The van der Waals surface area contributed by atoms with Crippen molar-refractivity contribution in [3.63, 3.8) is 0 Å². The first-order valence-corrected chi connectivity index (χ1v) is 5.09. The van der Waals surface area contributed by atoms with Gasteiger partial charge in [0.2, 0.25) is 0 Å². The van der Waals surface area contributed by atoms with Crippen LogP contribution in [0.5, 0.6) is 0 Å². The first kappa shape index (κ1) is 14.5. The highest BCUT2D eigenvalue weighted by molar-refractivity contribution is 5.79. The Morgan fingerprint density at radius 3 is 2.21 bits per heavy atom. The number of rotatable bonds is 4. The van der Waals surface area contributed by atoms with Gasteiger partial charge >= 0.3 is 6.18 Å². The molecule has 0 atom stereocenters. The number of anilines is 1. The standard InChI is InChI=1S/C12H8F3N3O/c13-12(14,15)11-7-10(2-1-9(11)8-19)18(5-3-16)6-4-17/h1-2,7-8H,5-6H2. The summed E-state index contributed by atoms with van der Waals surface area (Å²) in [4.78, 5) is 11.8. The van der Waals surface area contributed by atoms with E-state index in [4.69, 9.17) is 10.5 Å². The molecule has 0 aliphatic carbocycles. The molecule has 0 spiro atoms. The third kappa shape index (κ3) is 3.46. The van der Waals surface area contributed by atoms with Crippen LogP contribution >= 0.6 is 0 Å². The predicted octanol–water partition coefficient (Wildman–Crippen LogP) is 2.37. The Morgan fingerprint density at radius 2 is 1.79 bits per heavy atom. The van der Waals surface area contributed by atoms with Gasteiger partial charge in [0.05, 0.1) is 17.7 Å². The van der Waals surface area contributed by atoms with Crippen LogP contribution in [0.1, 0.15) is 15.9 Å².